The van der Waals surface area contributed by atoms with E-state index in [1.165, 1.54) is 17.7 Å². The number of rotatable bonds is 8. The molecule has 3 aromatic carbocycles. The van der Waals surface area contributed by atoms with Crippen LogP contribution >= 0.6 is 0 Å². The standard InChI is InChI=1S/C27H24FN3O2/c28-23-13-8-20(9-14-23)16-26(33)31-27-24(15-10-19-4-2-1-3-5-19)30-25(17-29-27)22-11-6-21(18-32)7-12-22/h1-9,11-14,17,32H,10,15-16,18H2,(H,29,31,33). The quantitative estimate of drug-likeness (QED) is 0.414. The lowest BCUT2D eigenvalue weighted by Gasteiger charge is -2.12. The number of hydrogen-bond acceptors (Lipinski definition) is 4. The van der Waals surface area contributed by atoms with Crippen molar-refractivity contribution < 1.29 is 14.3 Å². The molecule has 4 aromatic rings. The number of aliphatic hydroxyl groups is 1. The van der Waals surface area contributed by atoms with Crippen LogP contribution in [0.15, 0.2) is 85.1 Å². The number of benzene rings is 3. The lowest BCUT2D eigenvalue weighted by atomic mass is 10.1. The van der Waals surface area contributed by atoms with Crippen molar-refractivity contribution in [2.24, 2.45) is 0 Å². The minimum absolute atomic E-state index is 0.0205. The summed E-state index contributed by atoms with van der Waals surface area (Å²) in [5, 5.41) is 12.1. The Morgan fingerprint density at radius 2 is 1.55 bits per heavy atom. The van der Waals surface area contributed by atoms with Gasteiger partial charge in [0.05, 0.1) is 30.6 Å². The van der Waals surface area contributed by atoms with Crippen LogP contribution in [0, 0.1) is 5.82 Å². The molecule has 6 heteroatoms. The Kier molecular flexibility index (Phi) is 7.17. The van der Waals surface area contributed by atoms with Gasteiger partial charge in [-0.2, -0.15) is 0 Å². The van der Waals surface area contributed by atoms with Gasteiger partial charge in [-0.25, -0.2) is 14.4 Å². The summed E-state index contributed by atoms with van der Waals surface area (Å²) in [6, 6.07) is 23.4. The van der Waals surface area contributed by atoms with Crippen LogP contribution in [0.4, 0.5) is 10.2 Å². The first-order valence-electron chi connectivity index (χ1n) is 10.7. The molecule has 166 valence electrons. The van der Waals surface area contributed by atoms with Crippen molar-refractivity contribution >= 4 is 11.7 Å². The fourth-order valence-corrected chi connectivity index (χ4v) is 3.50. The summed E-state index contributed by atoms with van der Waals surface area (Å²) in [4.78, 5) is 21.9. The molecule has 0 aliphatic heterocycles. The third-order valence-corrected chi connectivity index (χ3v) is 5.31. The second kappa shape index (κ2) is 10.6. The van der Waals surface area contributed by atoms with E-state index in [-0.39, 0.29) is 24.8 Å². The predicted octanol–water partition coefficient (Wildman–Crippen LogP) is 4.74. The molecule has 0 bridgehead atoms. The molecule has 0 unspecified atom stereocenters. The molecular weight excluding hydrogens is 417 g/mol. The van der Waals surface area contributed by atoms with Crippen molar-refractivity contribution in [2.75, 3.05) is 5.32 Å². The summed E-state index contributed by atoms with van der Waals surface area (Å²) >= 11 is 0. The van der Waals surface area contributed by atoms with Gasteiger partial charge in [0, 0.05) is 5.56 Å². The summed E-state index contributed by atoms with van der Waals surface area (Å²) in [6.07, 6.45) is 3.10. The largest absolute Gasteiger partial charge is 0.392 e. The summed E-state index contributed by atoms with van der Waals surface area (Å²) in [5.74, 6) is -0.151. The van der Waals surface area contributed by atoms with Crippen LogP contribution in [-0.4, -0.2) is 21.0 Å². The molecule has 0 saturated carbocycles. The smallest absolute Gasteiger partial charge is 0.229 e. The maximum atomic E-state index is 13.1. The minimum atomic E-state index is -0.337. The normalized spacial score (nSPS) is 10.7. The van der Waals surface area contributed by atoms with Crippen molar-refractivity contribution in [3.63, 3.8) is 0 Å². The highest BCUT2D eigenvalue weighted by Gasteiger charge is 2.13. The van der Waals surface area contributed by atoms with E-state index in [4.69, 9.17) is 4.98 Å². The zero-order valence-electron chi connectivity index (χ0n) is 18.0. The third kappa shape index (κ3) is 6.08. The molecule has 33 heavy (non-hydrogen) atoms. The number of carbonyl (C=O) groups excluding carboxylic acids is 1. The molecule has 4 rings (SSSR count). The van der Waals surface area contributed by atoms with Crippen LogP contribution in [0.2, 0.25) is 0 Å². The van der Waals surface area contributed by atoms with E-state index in [0.29, 0.717) is 29.2 Å². The van der Waals surface area contributed by atoms with Crippen LogP contribution in [-0.2, 0) is 30.7 Å². The van der Waals surface area contributed by atoms with Gasteiger partial charge in [0.2, 0.25) is 5.91 Å². The lowest BCUT2D eigenvalue weighted by Crippen LogP contribution is -2.18. The van der Waals surface area contributed by atoms with E-state index in [1.54, 1.807) is 18.3 Å². The van der Waals surface area contributed by atoms with Crippen molar-refractivity contribution in [2.45, 2.75) is 25.9 Å². The molecule has 0 spiro atoms. The van der Waals surface area contributed by atoms with Crippen molar-refractivity contribution in [1.29, 1.82) is 0 Å². The third-order valence-electron chi connectivity index (χ3n) is 5.31. The summed E-state index contributed by atoms with van der Waals surface area (Å²) < 4.78 is 13.1. The Bertz CT molecular complexity index is 1210. The summed E-state index contributed by atoms with van der Waals surface area (Å²) in [5.41, 5.74) is 4.97. The van der Waals surface area contributed by atoms with E-state index in [9.17, 15) is 14.3 Å². The van der Waals surface area contributed by atoms with Crippen LogP contribution in [0.5, 0.6) is 0 Å². The highest BCUT2D eigenvalue weighted by molar-refractivity contribution is 5.92. The van der Waals surface area contributed by atoms with E-state index >= 15 is 0 Å². The second-order valence-corrected chi connectivity index (χ2v) is 7.74. The Labute approximate surface area is 192 Å². The number of nitrogens with one attached hydrogen (secondary N) is 1. The Morgan fingerprint density at radius 3 is 2.24 bits per heavy atom. The topological polar surface area (TPSA) is 75.1 Å². The highest BCUT2D eigenvalue weighted by Crippen LogP contribution is 2.22. The number of nitrogens with zero attached hydrogens (tertiary/aromatic N) is 2. The van der Waals surface area contributed by atoms with Gasteiger partial charge in [-0.05, 0) is 41.7 Å². The lowest BCUT2D eigenvalue weighted by molar-refractivity contribution is -0.115. The minimum Gasteiger partial charge on any atom is -0.392 e. The number of aliphatic hydroxyl groups excluding tert-OH is 1. The zero-order valence-corrected chi connectivity index (χ0v) is 18.0. The molecule has 0 atom stereocenters. The maximum absolute atomic E-state index is 13.1. The van der Waals surface area contributed by atoms with Gasteiger partial charge in [-0.3, -0.25) is 4.79 Å². The number of aromatic nitrogens is 2. The Morgan fingerprint density at radius 1 is 0.848 bits per heavy atom. The molecule has 0 fully saturated rings. The van der Waals surface area contributed by atoms with Gasteiger partial charge in [0.15, 0.2) is 5.82 Å². The molecule has 1 heterocycles. The number of aryl methyl sites for hydroxylation is 2. The Hall–Kier alpha value is -3.90. The van der Waals surface area contributed by atoms with E-state index in [0.717, 1.165) is 17.5 Å². The fraction of sp³-hybridized carbons (Fsp3) is 0.148. The van der Waals surface area contributed by atoms with Gasteiger partial charge in [0.1, 0.15) is 5.82 Å². The molecule has 0 aliphatic carbocycles. The van der Waals surface area contributed by atoms with Crippen LogP contribution < -0.4 is 5.32 Å². The number of hydrogen-bond donors (Lipinski definition) is 2. The first kappa shape index (κ1) is 22.3. The predicted molar refractivity (Wildman–Crippen MR) is 126 cm³/mol. The number of halogens is 1. The SMILES string of the molecule is O=C(Cc1ccc(F)cc1)Nc1ncc(-c2ccc(CO)cc2)nc1CCc1ccccc1. The van der Waals surface area contributed by atoms with E-state index in [2.05, 4.69) is 22.4 Å². The van der Waals surface area contributed by atoms with Crippen LogP contribution in [0.25, 0.3) is 11.3 Å². The van der Waals surface area contributed by atoms with Crippen molar-refractivity contribution in [1.82, 2.24) is 9.97 Å². The molecular formula is C27H24FN3O2. The fourth-order valence-electron chi connectivity index (χ4n) is 3.50. The molecule has 0 aliphatic rings. The maximum Gasteiger partial charge on any atom is 0.229 e. The first-order chi connectivity index (χ1) is 16.1. The second-order valence-electron chi connectivity index (χ2n) is 7.74. The average molecular weight is 442 g/mol. The van der Waals surface area contributed by atoms with Crippen LogP contribution in [0.1, 0.15) is 22.4 Å². The summed E-state index contributed by atoms with van der Waals surface area (Å²) in [6.45, 7) is -0.0205. The highest BCUT2D eigenvalue weighted by atomic mass is 19.1. The van der Waals surface area contributed by atoms with Gasteiger partial charge in [0.25, 0.3) is 0 Å². The van der Waals surface area contributed by atoms with Gasteiger partial charge in [-0.1, -0.05) is 66.7 Å². The molecule has 1 amide bonds. The molecule has 0 radical (unpaired) electrons. The van der Waals surface area contributed by atoms with E-state index < -0.39 is 0 Å². The molecule has 0 saturated heterocycles. The Balaban J connectivity index is 1.56. The zero-order chi connectivity index (χ0) is 23.0. The van der Waals surface area contributed by atoms with E-state index in [1.807, 2.05) is 42.5 Å². The van der Waals surface area contributed by atoms with Gasteiger partial charge >= 0.3 is 0 Å². The van der Waals surface area contributed by atoms with Gasteiger partial charge in [-0.15, -0.1) is 0 Å². The molecule has 1 aromatic heterocycles. The number of carbonyl (C=O) groups is 1. The monoisotopic (exact) mass is 441 g/mol. The number of anilines is 1. The molecule has 5 nitrogen and oxygen atoms in total. The summed E-state index contributed by atoms with van der Waals surface area (Å²) in [7, 11) is 0. The van der Waals surface area contributed by atoms with Crippen molar-refractivity contribution in [3.05, 3.63) is 113 Å². The van der Waals surface area contributed by atoms with Gasteiger partial charge < -0.3 is 10.4 Å². The average Bonchev–Trinajstić information content (AvgIpc) is 2.85. The van der Waals surface area contributed by atoms with Crippen LogP contribution in [0.3, 0.4) is 0 Å². The number of amides is 1. The first-order valence-corrected chi connectivity index (χ1v) is 10.7. The van der Waals surface area contributed by atoms with Crippen molar-refractivity contribution in [3.8, 4) is 11.3 Å². The molecule has 2 N–H and O–H groups in total.